The summed E-state index contributed by atoms with van der Waals surface area (Å²) in [5.41, 5.74) is 7.31. The summed E-state index contributed by atoms with van der Waals surface area (Å²) in [5.74, 6) is 1.27. The van der Waals surface area contributed by atoms with E-state index in [0.717, 1.165) is 28.9 Å². The smallest absolute Gasteiger partial charge is 0.253 e. The Morgan fingerprint density at radius 2 is 2.05 bits per heavy atom. The lowest BCUT2D eigenvalue weighted by molar-refractivity contribution is 0.0623. The fourth-order valence-corrected chi connectivity index (χ4v) is 3.86. The maximum Gasteiger partial charge on any atom is 0.253 e. The summed E-state index contributed by atoms with van der Waals surface area (Å²) >= 11 is 1.43. The lowest BCUT2D eigenvalue weighted by Gasteiger charge is -2.35. The fourth-order valence-electron chi connectivity index (χ4n) is 3.09. The molecule has 20 heavy (non-hydrogen) atoms. The number of fused-ring (bicyclic) bond motifs is 1. The molecule has 0 saturated carbocycles. The second kappa shape index (κ2) is 5.05. The van der Waals surface area contributed by atoms with Gasteiger partial charge in [-0.05, 0) is 36.5 Å². The molecule has 0 spiro atoms. The molecule has 5 heteroatoms. The second-order valence-electron chi connectivity index (χ2n) is 5.89. The molecular weight excluding hydrogens is 270 g/mol. The number of carbonyl (C=O) groups excluding carboxylic acids is 1. The highest BCUT2D eigenvalue weighted by Gasteiger charge is 2.26. The normalized spacial score (nSPS) is 23.2. The second-order valence-corrected chi connectivity index (χ2v) is 6.95. The van der Waals surface area contributed by atoms with Gasteiger partial charge in [-0.2, -0.15) is 0 Å². The molecule has 2 heterocycles. The molecule has 1 aromatic carbocycles. The zero-order chi connectivity index (χ0) is 14.3. The van der Waals surface area contributed by atoms with Gasteiger partial charge < -0.3 is 10.6 Å². The van der Waals surface area contributed by atoms with Crippen LogP contribution in [0.15, 0.2) is 18.2 Å². The van der Waals surface area contributed by atoms with E-state index in [0.29, 0.717) is 17.0 Å². The number of nitrogens with zero attached hydrogens (tertiary/aromatic N) is 2. The van der Waals surface area contributed by atoms with Crippen LogP contribution in [0.25, 0.3) is 10.2 Å². The molecule has 1 fully saturated rings. The molecule has 2 N–H and O–H groups in total. The minimum Gasteiger partial charge on any atom is -0.375 e. The van der Waals surface area contributed by atoms with Crippen LogP contribution in [0.4, 0.5) is 5.13 Å². The van der Waals surface area contributed by atoms with Crippen LogP contribution in [0.2, 0.25) is 0 Å². The third-order valence-corrected chi connectivity index (χ3v) is 4.66. The summed E-state index contributed by atoms with van der Waals surface area (Å²) < 4.78 is 0.978. The van der Waals surface area contributed by atoms with Gasteiger partial charge in [0.1, 0.15) is 0 Å². The average Bonchev–Trinajstić information content (AvgIpc) is 2.75. The Morgan fingerprint density at radius 1 is 1.35 bits per heavy atom. The van der Waals surface area contributed by atoms with Crippen molar-refractivity contribution in [2.75, 3.05) is 18.8 Å². The Balaban J connectivity index is 1.87. The molecular formula is C15H19N3OS. The number of benzene rings is 1. The Morgan fingerprint density at radius 3 is 2.75 bits per heavy atom. The van der Waals surface area contributed by atoms with Crippen molar-refractivity contribution in [2.24, 2.45) is 11.8 Å². The largest absolute Gasteiger partial charge is 0.375 e. The van der Waals surface area contributed by atoms with E-state index in [2.05, 4.69) is 18.8 Å². The monoisotopic (exact) mass is 289 g/mol. The number of nitrogen functional groups attached to an aromatic ring is 1. The van der Waals surface area contributed by atoms with Crippen molar-refractivity contribution in [1.29, 1.82) is 0 Å². The van der Waals surface area contributed by atoms with E-state index in [9.17, 15) is 4.79 Å². The molecule has 1 aliphatic heterocycles. The lowest BCUT2D eigenvalue weighted by Crippen LogP contribution is -2.42. The summed E-state index contributed by atoms with van der Waals surface area (Å²) in [5, 5.41) is 0.546. The third kappa shape index (κ3) is 2.50. The van der Waals surface area contributed by atoms with Gasteiger partial charge in [0.25, 0.3) is 5.91 Å². The number of hydrogen-bond acceptors (Lipinski definition) is 4. The van der Waals surface area contributed by atoms with E-state index in [1.54, 1.807) is 0 Å². The van der Waals surface area contributed by atoms with Gasteiger partial charge in [-0.25, -0.2) is 4.98 Å². The van der Waals surface area contributed by atoms with Crippen LogP contribution in [-0.4, -0.2) is 28.9 Å². The minimum atomic E-state index is 0.122. The fraction of sp³-hybridized carbons (Fsp3) is 0.467. The van der Waals surface area contributed by atoms with Gasteiger partial charge in [-0.3, -0.25) is 4.79 Å². The van der Waals surface area contributed by atoms with Crippen molar-refractivity contribution in [2.45, 2.75) is 20.3 Å². The van der Waals surface area contributed by atoms with E-state index in [-0.39, 0.29) is 5.91 Å². The Bertz CT molecular complexity index is 642. The van der Waals surface area contributed by atoms with Crippen LogP contribution in [0.3, 0.4) is 0 Å². The third-order valence-electron chi connectivity index (χ3n) is 3.81. The van der Waals surface area contributed by atoms with Crippen molar-refractivity contribution in [3.05, 3.63) is 23.8 Å². The summed E-state index contributed by atoms with van der Waals surface area (Å²) in [7, 11) is 0. The van der Waals surface area contributed by atoms with Gasteiger partial charge in [0.2, 0.25) is 0 Å². The number of piperidine rings is 1. The number of nitrogens with two attached hydrogens (primary N) is 1. The van der Waals surface area contributed by atoms with Crippen molar-refractivity contribution in [1.82, 2.24) is 9.88 Å². The zero-order valence-corrected chi connectivity index (χ0v) is 12.6. The number of amides is 1. The van der Waals surface area contributed by atoms with E-state index < -0.39 is 0 Å². The van der Waals surface area contributed by atoms with E-state index in [4.69, 9.17) is 5.73 Å². The van der Waals surface area contributed by atoms with Crippen LogP contribution in [-0.2, 0) is 0 Å². The van der Waals surface area contributed by atoms with Gasteiger partial charge in [0.15, 0.2) is 5.13 Å². The molecule has 4 nitrogen and oxygen atoms in total. The molecule has 2 unspecified atom stereocenters. The van der Waals surface area contributed by atoms with Crippen LogP contribution in [0.1, 0.15) is 30.6 Å². The summed E-state index contributed by atoms with van der Waals surface area (Å²) in [6.45, 7) is 6.13. The lowest BCUT2D eigenvalue weighted by atomic mass is 9.91. The topological polar surface area (TPSA) is 59.2 Å². The minimum absolute atomic E-state index is 0.122. The standard InChI is InChI=1S/C15H19N3OS/c1-9-5-10(2)8-18(7-9)14(19)11-3-4-12-13(6-11)20-15(16)17-12/h3-4,6,9-10H,5,7-8H2,1-2H3,(H2,16,17). The van der Waals surface area contributed by atoms with Crippen LogP contribution >= 0.6 is 11.3 Å². The Labute approximate surface area is 122 Å². The van der Waals surface area contributed by atoms with Crippen molar-refractivity contribution in [3.63, 3.8) is 0 Å². The van der Waals surface area contributed by atoms with Gasteiger partial charge in [-0.15, -0.1) is 0 Å². The van der Waals surface area contributed by atoms with Crippen molar-refractivity contribution < 1.29 is 4.79 Å². The number of aromatic nitrogens is 1. The first kappa shape index (κ1) is 13.4. The molecule has 1 saturated heterocycles. The number of anilines is 1. The predicted molar refractivity (Wildman–Crippen MR) is 82.9 cm³/mol. The van der Waals surface area contributed by atoms with E-state index in [1.807, 2.05) is 23.1 Å². The molecule has 1 aliphatic rings. The molecule has 0 aliphatic carbocycles. The number of carbonyl (C=O) groups is 1. The Hall–Kier alpha value is -1.62. The van der Waals surface area contributed by atoms with Crippen LogP contribution < -0.4 is 5.73 Å². The molecule has 2 aromatic rings. The predicted octanol–water partition coefficient (Wildman–Crippen LogP) is 3.00. The van der Waals surface area contributed by atoms with Gasteiger partial charge >= 0.3 is 0 Å². The van der Waals surface area contributed by atoms with Crippen LogP contribution in [0, 0.1) is 11.8 Å². The number of rotatable bonds is 1. The highest BCUT2D eigenvalue weighted by Crippen LogP contribution is 2.27. The molecule has 2 atom stereocenters. The number of likely N-dealkylation sites (tertiary alicyclic amines) is 1. The average molecular weight is 289 g/mol. The molecule has 1 aromatic heterocycles. The van der Waals surface area contributed by atoms with Crippen LogP contribution in [0.5, 0.6) is 0 Å². The molecule has 1 amide bonds. The molecule has 106 valence electrons. The Kier molecular flexibility index (Phi) is 3.38. The summed E-state index contributed by atoms with van der Waals surface area (Å²) in [4.78, 5) is 18.8. The first-order chi connectivity index (χ1) is 9.52. The van der Waals surface area contributed by atoms with E-state index >= 15 is 0 Å². The summed E-state index contributed by atoms with van der Waals surface area (Å²) in [6, 6.07) is 5.65. The maximum absolute atomic E-state index is 12.6. The first-order valence-electron chi connectivity index (χ1n) is 6.98. The highest BCUT2D eigenvalue weighted by molar-refractivity contribution is 7.22. The van der Waals surface area contributed by atoms with E-state index in [1.165, 1.54) is 17.8 Å². The van der Waals surface area contributed by atoms with Crippen molar-refractivity contribution >= 4 is 32.6 Å². The number of hydrogen-bond donors (Lipinski definition) is 1. The highest BCUT2D eigenvalue weighted by atomic mass is 32.1. The molecule has 0 radical (unpaired) electrons. The maximum atomic E-state index is 12.6. The van der Waals surface area contributed by atoms with Crippen molar-refractivity contribution in [3.8, 4) is 0 Å². The first-order valence-corrected chi connectivity index (χ1v) is 7.80. The SMILES string of the molecule is CC1CC(C)CN(C(=O)c2ccc3nc(N)sc3c2)C1. The van der Waals surface area contributed by atoms with Gasteiger partial charge in [0, 0.05) is 18.7 Å². The van der Waals surface area contributed by atoms with Gasteiger partial charge in [-0.1, -0.05) is 25.2 Å². The molecule has 3 rings (SSSR count). The summed E-state index contributed by atoms with van der Waals surface area (Å²) in [6.07, 6.45) is 1.20. The zero-order valence-electron chi connectivity index (χ0n) is 11.8. The quantitative estimate of drug-likeness (QED) is 0.878. The van der Waals surface area contributed by atoms with Gasteiger partial charge in [0.05, 0.1) is 10.2 Å². The number of thiazole rings is 1. The molecule has 0 bridgehead atoms.